The first-order chi connectivity index (χ1) is 12.1. The van der Waals surface area contributed by atoms with Gasteiger partial charge < -0.3 is 10.1 Å². The molecule has 1 unspecified atom stereocenters. The van der Waals surface area contributed by atoms with Crippen LogP contribution in [0.2, 0.25) is 0 Å². The maximum atomic E-state index is 12.2. The van der Waals surface area contributed by atoms with Crippen molar-refractivity contribution in [2.45, 2.75) is 31.2 Å². The predicted octanol–water partition coefficient (Wildman–Crippen LogP) is 3.26. The van der Waals surface area contributed by atoms with Crippen LogP contribution >= 0.6 is 11.6 Å². The van der Waals surface area contributed by atoms with E-state index >= 15 is 0 Å². The molecule has 1 atom stereocenters. The summed E-state index contributed by atoms with van der Waals surface area (Å²) in [5.74, 6) is -0.141. The molecule has 0 fully saturated rings. The lowest BCUT2D eigenvalue weighted by atomic mass is 10.0. The molecule has 2 aromatic rings. The molecule has 0 aliphatic rings. The second kappa shape index (κ2) is 9.84. The molecule has 0 aromatic heterocycles. The van der Waals surface area contributed by atoms with Crippen molar-refractivity contribution in [2.24, 2.45) is 0 Å². The lowest BCUT2D eigenvalue weighted by molar-refractivity contribution is -0.145. The third kappa shape index (κ3) is 6.24. The molecule has 2 aromatic carbocycles. The normalized spacial score (nSPS) is 11.6. The summed E-state index contributed by atoms with van der Waals surface area (Å²) in [5, 5.41) is 2.77. The number of carbonyl (C=O) groups excluding carboxylic acids is 2. The molecule has 0 saturated carbocycles. The zero-order valence-corrected chi connectivity index (χ0v) is 15.0. The number of carbonyl (C=O) groups is 2. The number of amides is 1. The van der Waals surface area contributed by atoms with E-state index in [-0.39, 0.29) is 5.91 Å². The molecular formula is C20H22ClNO3. The van der Waals surface area contributed by atoms with Gasteiger partial charge in [0.25, 0.3) is 0 Å². The summed E-state index contributed by atoms with van der Waals surface area (Å²) < 4.78 is 4.81. The van der Waals surface area contributed by atoms with Crippen molar-refractivity contribution in [3.63, 3.8) is 0 Å². The number of halogens is 1. The minimum atomic E-state index is -0.682. The summed E-state index contributed by atoms with van der Waals surface area (Å²) in [7, 11) is 1.32. The smallest absolute Gasteiger partial charge is 0.328 e. The van der Waals surface area contributed by atoms with Gasteiger partial charge in [0.15, 0.2) is 0 Å². The van der Waals surface area contributed by atoms with Crippen molar-refractivity contribution >= 4 is 23.5 Å². The zero-order valence-electron chi connectivity index (χ0n) is 14.2. The third-order valence-electron chi connectivity index (χ3n) is 3.92. The van der Waals surface area contributed by atoms with Crippen LogP contribution in [0.5, 0.6) is 0 Å². The molecular weight excluding hydrogens is 338 g/mol. The lowest BCUT2D eigenvalue weighted by Gasteiger charge is -2.16. The number of esters is 1. The van der Waals surface area contributed by atoms with E-state index in [2.05, 4.69) is 5.32 Å². The lowest BCUT2D eigenvalue weighted by Crippen LogP contribution is -2.43. The summed E-state index contributed by atoms with van der Waals surface area (Å²) in [6.45, 7) is 0. The fourth-order valence-corrected chi connectivity index (χ4v) is 2.68. The zero-order chi connectivity index (χ0) is 18.1. The number of benzene rings is 2. The van der Waals surface area contributed by atoms with Gasteiger partial charge >= 0.3 is 5.97 Å². The molecule has 0 aliphatic carbocycles. The van der Waals surface area contributed by atoms with Crippen LogP contribution in [0.25, 0.3) is 0 Å². The van der Waals surface area contributed by atoms with Gasteiger partial charge in [0, 0.05) is 18.7 Å². The van der Waals surface area contributed by atoms with Crippen LogP contribution < -0.4 is 5.32 Å². The number of methoxy groups -OCH3 is 1. The van der Waals surface area contributed by atoms with Crippen LogP contribution in [-0.4, -0.2) is 25.0 Å². The standard InChI is InChI=1S/C20H22ClNO3/c1-25-20(24)18(13-16-5-3-2-4-6-16)22-19(23)12-11-15-7-9-17(14-21)10-8-15/h2-10,18H,11-14H2,1H3,(H,22,23). The van der Waals surface area contributed by atoms with Crippen LogP contribution in [0.15, 0.2) is 54.6 Å². The van der Waals surface area contributed by atoms with Gasteiger partial charge in [0.2, 0.25) is 5.91 Å². The number of alkyl halides is 1. The summed E-state index contributed by atoms with van der Waals surface area (Å²) in [5.41, 5.74) is 3.07. The van der Waals surface area contributed by atoms with Gasteiger partial charge in [-0.25, -0.2) is 4.79 Å². The highest BCUT2D eigenvalue weighted by Crippen LogP contribution is 2.09. The van der Waals surface area contributed by atoms with Crippen molar-refractivity contribution in [1.82, 2.24) is 5.32 Å². The van der Waals surface area contributed by atoms with Crippen LogP contribution in [-0.2, 0) is 33.0 Å². The Morgan fingerprint density at radius 2 is 1.64 bits per heavy atom. The van der Waals surface area contributed by atoms with E-state index < -0.39 is 12.0 Å². The molecule has 1 N–H and O–H groups in total. The summed E-state index contributed by atoms with van der Waals surface area (Å²) in [6.07, 6.45) is 1.32. The monoisotopic (exact) mass is 359 g/mol. The van der Waals surface area contributed by atoms with E-state index in [9.17, 15) is 9.59 Å². The first-order valence-corrected chi connectivity index (χ1v) is 8.70. The summed E-state index contributed by atoms with van der Waals surface area (Å²) in [4.78, 5) is 24.2. The van der Waals surface area contributed by atoms with E-state index in [4.69, 9.17) is 16.3 Å². The number of hydrogen-bond donors (Lipinski definition) is 1. The van der Waals surface area contributed by atoms with Gasteiger partial charge in [-0.3, -0.25) is 4.79 Å². The number of nitrogens with one attached hydrogen (secondary N) is 1. The molecule has 0 radical (unpaired) electrons. The first-order valence-electron chi connectivity index (χ1n) is 8.17. The van der Waals surface area contributed by atoms with Crippen molar-refractivity contribution in [3.05, 3.63) is 71.3 Å². The summed E-state index contributed by atoms with van der Waals surface area (Å²) in [6, 6.07) is 16.7. The quantitative estimate of drug-likeness (QED) is 0.581. The number of ether oxygens (including phenoxy) is 1. The second-order valence-corrected chi connectivity index (χ2v) is 6.05. The average molecular weight is 360 g/mol. The van der Waals surface area contributed by atoms with Crippen molar-refractivity contribution in [1.29, 1.82) is 0 Å². The highest BCUT2D eigenvalue weighted by atomic mass is 35.5. The topological polar surface area (TPSA) is 55.4 Å². The van der Waals surface area contributed by atoms with Crippen molar-refractivity contribution < 1.29 is 14.3 Å². The minimum absolute atomic E-state index is 0.173. The number of rotatable bonds is 8. The molecule has 0 aliphatic heterocycles. The van der Waals surface area contributed by atoms with Gasteiger partial charge in [-0.05, 0) is 23.1 Å². The fraction of sp³-hybridized carbons (Fsp3) is 0.300. The molecule has 0 saturated heterocycles. The van der Waals surface area contributed by atoms with E-state index in [1.54, 1.807) is 0 Å². The molecule has 4 nitrogen and oxygen atoms in total. The van der Waals surface area contributed by atoms with Gasteiger partial charge in [-0.1, -0.05) is 54.6 Å². The van der Waals surface area contributed by atoms with Crippen LogP contribution in [0.4, 0.5) is 0 Å². The Morgan fingerprint density at radius 3 is 2.24 bits per heavy atom. The van der Waals surface area contributed by atoms with Crippen molar-refractivity contribution in [2.75, 3.05) is 7.11 Å². The Morgan fingerprint density at radius 1 is 1.00 bits per heavy atom. The molecule has 132 valence electrons. The van der Waals surface area contributed by atoms with Gasteiger partial charge in [-0.2, -0.15) is 0 Å². The second-order valence-electron chi connectivity index (χ2n) is 5.78. The molecule has 1 amide bonds. The predicted molar refractivity (Wildman–Crippen MR) is 98.4 cm³/mol. The third-order valence-corrected chi connectivity index (χ3v) is 4.23. The maximum Gasteiger partial charge on any atom is 0.328 e. The fourth-order valence-electron chi connectivity index (χ4n) is 2.50. The Kier molecular flexibility index (Phi) is 7.48. The number of aryl methyl sites for hydroxylation is 1. The Labute approximate surface area is 153 Å². The van der Waals surface area contributed by atoms with Crippen LogP contribution in [0.3, 0.4) is 0 Å². The highest BCUT2D eigenvalue weighted by molar-refractivity contribution is 6.17. The average Bonchev–Trinajstić information content (AvgIpc) is 2.66. The number of hydrogen-bond acceptors (Lipinski definition) is 3. The van der Waals surface area contributed by atoms with Crippen LogP contribution in [0, 0.1) is 0 Å². The van der Waals surface area contributed by atoms with Crippen LogP contribution in [0.1, 0.15) is 23.1 Å². The molecule has 0 bridgehead atoms. The van der Waals surface area contributed by atoms with Gasteiger partial charge in [-0.15, -0.1) is 11.6 Å². The SMILES string of the molecule is COC(=O)C(Cc1ccccc1)NC(=O)CCc1ccc(CCl)cc1. The molecule has 25 heavy (non-hydrogen) atoms. The molecule has 0 heterocycles. The Bertz CT molecular complexity index is 686. The molecule has 5 heteroatoms. The largest absolute Gasteiger partial charge is 0.467 e. The maximum absolute atomic E-state index is 12.2. The van der Waals surface area contributed by atoms with E-state index in [1.807, 2.05) is 54.6 Å². The van der Waals surface area contributed by atoms with Gasteiger partial charge in [0.1, 0.15) is 6.04 Å². The van der Waals surface area contributed by atoms with Crippen molar-refractivity contribution in [3.8, 4) is 0 Å². The van der Waals surface area contributed by atoms with Gasteiger partial charge in [0.05, 0.1) is 7.11 Å². The Balaban J connectivity index is 1.90. The molecule has 2 rings (SSSR count). The minimum Gasteiger partial charge on any atom is -0.467 e. The van der Waals surface area contributed by atoms with E-state index in [1.165, 1.54) is 7.11 Å². The Hall–Kier alpha value is -2.33. The molecule has 0 spiro atoms. The van der Waals surface area contributed by atoms with E-state index in [0.29, 0.717) is 25.1 Å². The van der Waals surface area contributed by atoms with E-state index in [0.717, 1.165) is 16.7 Å². The summed E-state index contributed by atoms with van der Waals surface area (Å²) >= 11 is 5.77. The first kappa shape index (κ1) is 19.0. The highest BCUT2D eigenvalue weighted by Gasteiger charge is 2.21.